The molecule has 4 N–H and O–H groups in total. The summed E-state index contributed by atoms with van der Waals surface area (Å²) >= 11 is 0. The maximum absolute atomic E-state index is 13.0. The molecule has 28 heavy (non-hydrogen) atoms. The molecule has 0 bridgehead atoms. The van der Waals surface area contributed by atoms with Gasteiger partial charge in [0.15, 0.2) is 0 Å². The van der Waals surface area contributed by atoms with Crippen molar-refractivity contribution in [2.24, 2.45) is 5.73 Å². The van der Waals surface area contributed by atoms with Gasteiger partial charge < -0.3 is 25.8 Å². The first kappa shape index (κ1) is 18.7. The quantitative estimate of drug-likeness (QED) is 0.740. The van der Waals surface area contributed by atoms with Crippen molar-refractivity contribution < 1.29 is 9.59 Å². The van der Waals surface area contributed by atoms with Gasteiger partial charge in [0.05, 0.1) is 12.6 Å². The molecule has 150 valence electrons. The van der Waals surface area contributed by atoms with Crippen molar-refractivity contribution in [3.8, 4) is 0 Å². The summed E-state index contributed by atoms with van der Waals surface area (Å²) in [6, 6.07) is 8.40. The van der Waals surface area contributed by atoms with Gasteiger partial charge in [0.25, 0.3) is 0 Å². The number of fused-ring (bicyclic) bond motifs is 1. The average Bonchev–Trinajstić information content (AvgIpc) is 3.44. The second-order valence-electron chi connectivity index (χ2n) is 7.95. The molecule has 1 saturated carbocycles. The van der Waals surface area contributed by atoms with Gasteiger partial charge in [0.1, 0.15) is 0 Å². The lowest BCUT2D eigenvalue weighted by Crippen LogP contribution is -2.55. The topological polar surface area (TPSA) is 94.5 Å². The summed E-state index contributed by atoms with van der Waals surface area (Å²) < 4.78 is 0. The molecule has 1 aliphatic carbocycles. The number of aromatic amines is 1. The molecule has 7 heteroatoms. The predicted octanol–water partition coefficient (Wildman–Crippen LogP) is 2.95. The number of carbonyl (C=O) groups excluding carboxylic acids is 2. The number of aromatic nitrogens is 1. The summed E-state index contributed by atoms with van der Waals surface area (Å²) in [7, 11) is 0. The summed E-state index contributed by atoms with van der Waals surface area (Å²) in [5.74, 6) is 0. The van der Waals surface area contributed by atoms with Gasteiger partial charge in [0, 0.05) is 30.3 Å². The van der Waals surface area contributed by atoms with Crippen molar-refractivity contribution in [3.63, 3.8) is 0 Å². The Kier molecular flexibility index (Phi) is 5.15. The number of urea groups is 2. The number of hydrogen-bond donors (Lipinski definition) is 3. The highest BCUT2D eigenvalue weighted by molar-refractivity contribution is 5.81. The monoisotopic (exact) mass is 383 g/mol. The Balaban J connectivity index is 1.42. The first-order valence-corrected chi connectivity index (χ1v) is 10.3. The number of likely N-dealkylation sites (tertiary alicyclic amines) is 1. The number of nitrogens with two attached hydrogens (primary N) is 1. The fourth-order valence-corrected chi connectivity index (χ4v) is 4.18. The van der Waals surface area contributed by atoms with E-state index in [2.05, 4.69) is 41.5 Å². The normalized spacial score (nSPS) is 19.6. The van der Waals surface area contributed by atoms with Gasteiger partial charge in [-0.1, -0.05) is 13.0 Å². The Morgan fingerprint density at radius 1 is 1.25 bits per heavy atom. The molecule has 1 saturated heterocycles. The number of rotatable bonds is 5. The van der Waals surface area contributed by atoms with Crippen LogP contribution in [-0.2, 0) is 13.0 Å². The van der Waals surface area contributed by atoms with Crippen molar-refractivity contribution in [2.75, 3.05) is 13.1 Å². The van der Waals surface area contributed by atoms with Gasteiger partial charge >= 0.3 is 12.1 Å². The van der Waals surface area contributed by atoms with Gasteiger partial charge in [-0.2, -0.15) is 0 Å². The third-order valence-corrected chi connectivity index (χ3v) is 5.86. The van der Waals surface area contributed by atoms with E-state index < -0.39 is 6.03 Å². The summed E-state index contributed by atoms with van der Waals surface area (Å²) in [5, 5.41) is 4.25. The van der Waals surface area contributed by atoms with Crippen molar-refractivity contribution in [1.82, 2.24) is 20.1 Å². The minimum Gasteiger partial charge on any atom is -0.357 e. The number of nitrogens with one attached hydrogen (secondary N) is 2. The number of amides is 4. The van der Waals surface area contributed by atoms with Gasteiger partial charge in [-0.15, -0.1) is 0 Å². The van der Waals surface area contributed by atoms with E-state index in [0.717, 1.165) is 43.3 Å². The summed E-state index contributed by atoms with van der Waals surface area (Å²) in [6.45, 7) is 3.82. The molecule has 2 heterocycles. The lowest BCUT2D eigenvalue weighted by molar-refractivity contribution is 0.118. The van der Waals surface area contributed by atoms with Gasteiger partial charge in [-0.3, -0.25) is 0 Å². The van der Waals surface area contributed by atoms with Crippen LogP contribution in [0.2, 0.25) is 0 Å². The average molecular weight is 383 g/mol. The smallest absolute Gasteiger partial charge is 0.318 e. The molecule has 7 nitrogen and oxygen atoms in total. The first-order valence-electron chi connectivity index (χ1n) is 10.3. The van der Waals surface area contributed by atoms with Crippen molar-refractivity contribution in [2.45, 2.75) is 57.7 Å². The van der Waals surface area contributed by atoms with Gasteiger partial charge in [-0.05, 0) is 61.3 Å². The number of piperidine rings is 1. The van der Waals surface area contributed by atoms with Crippen molar-refractivity contribution in [1.29, 1.82) is 0 Å². The zero-order chi connectivity index (χ0) is 19.7. The largest absolute Gasteiger partial charge is 0.357 e. The number of aryl methyl sites for hydroxylation is 1. The first-order chi connectivity index (χ1) is 13.5. The van der Waals surface area contributed by atoms with E-state index >= 15 is 0 Å². The zero-order valence-electron chi connectivity index (χ0n) is 16.4. The van der Waals surface area contributed by atoms with Crippen LogP contribution in [-0.4, -0.2) is 52.0 Å². The van der Waals surface area contributed by atoms with E-state index in [9.17, 15) is 9.59 Å². The maximum Gasteiger partial charge on any atom is 0.318 e. The molecule has 2 aromatic rings. The lowest BCUT2D eigenvalue weighted by atomic mass is 10.0. The molecule has 0 spiro atoms. The molecule has 0 radical (unpaired) electrons. The van der Waals surface area contributed by atoms with Crippen molar-refractivity contribution in [3.05, 3.63) is 35.5 Å². The summed E-state index contributed by atoms with van der Waals surface area (Å²) in [5.41, 5.74) is 8.84. The van der Waals surface area contributed by atoms with Crippen LogP contribution in [0.15, 0.2) is 24.3 Å². The molecule has 1 atom stereocenters. The predicted molar refractivity (Wildman–Crippen MR) is 109 cm³/mol. The highest BCUT2D eigenvalue weighted by Gasteiger charge is 2.39. The lowest BCUT2D eigenvalue weighted by Gasteiger charge is -2.39. The van der Waals surface area contributed by atoms with Crippen LogP contribution in [0.3, 0.4) is 0 Å². The molecule has 4 amide bonds. The highest BCUT2D eigenvalue weighted by atomic mass is 16.2. The molecular weight excluding hydrogens is 354 g/mol. The second-order valence-corrected chi connectivity index (χ2v) is 7.95. The Morgan fingerprint density at radius 3 is 2.79 bits per heavy atom. The Labute approximate surface area is 165 Å². The van der Waals surface area contributed by atoms with E-state index in [1.807, 2.05) is 4.90 Å². The summed E-state index contributed by atoms with van der Waals surface area (Å²) in [4.78, 5) is 31.5. The molecule has 4 rings (SSSR count). The number of hydrogen-bond acceptors (Lipinski definition) is 2. The molecule has 0 unspecified atom stereocenters. The van der Waals surface area contributed by atoms with Crippen LogP contribution in [0.1, 0.15) is 43.9 Å². The fourth-order valence-electron chi connectivity index (χ4n) is 4.18. The van der Waals surface area contributed by atoms with E-state index in [-0.39, 0.29) is 18.1 Å². The molecule has 2 aliphatic rings. The van der Waals surface area contributed by atoms with E-state index in [1.165, 1.54) is 10.9 Å². The number of primary amides is 1. The second kappa shape index (κ2) is 7.73. The molecule has 1 aromatic carbocycles. The number of nitrogens with zero attached hydrogens (tertiary/aromatic N) is 2. The Morgan fingerprint density at radius 2 is 2.07 bits per heavy atom. The highest BCUT2D eigenvalue weighted by Crippen LogP contribution is 2.31. The van der Waals surface area contributed by atoms with Crippen LogP contribution in [0, 0.1) is 0 Å². The molecule has 1 aliphatic heterocycles. The SMILES string of the molecule is CCc1ccc2[nH]c(CNC(=O)N(C3CC3)[C@@H]3CCCN(C(N)=O)C3)cc2c1. The Hall–Kier alpha value is -2.70. The molecule has 2 fully saturated rings. The van der Waals surface area contributed by atoms with Gasteiger partial charge in [0.2, 0.25) is 0 Å². The minimum atomic E-state index is -0.398. The van der Waals surface area contributed by atoms with Crippen LogP contribution < -0.4 is 11.1 Å². The van der Waals surface area contributed by atoms with Crippen LogP contribution in [0.4, 0.5) is 9.59 Å². The van der Waals surface area contributed by atoms with Crippen LogP contribution in [0.5, 0.6) is 0 Å². The van der Waals surface area contributed by atoms with E-state index in [1.54, 1.807) is 4.90 Å². The Bertz CT molecular complexity index is 873. The number of benzene rings is 1. The number of carbonyl (C=O) groups is 2. The van der Waals surface area contributed by atoms with E-state index in [4.69, 9.17) is 5.73 Å². The maximum atomic E-state index is 13.0. The number of H-pyrrole nitrogens is 1. The van der Waals surface area contributed by atoms with Gasteiger partial charge in [-0.25, -0.2) is 9.59 Å². The third kappa shape index (κ3) is 3.93. The zero-order valence-corrected chi connectivity index (χ0v) is 16.4. The molecule has 1 aromatic heterocycles. The fraction of sp³-hybridized carbons (Fsp3) is 0.524. The third-order valence-electron chi connectivity index (χ3n) is 5.86. The summed E-state index contributed by atoms with van der Waals surface area (Å²) in [6.07, 6.45) is 4.87. The standard InChI is InChI=1S/C21H29N5O2/c1-2-14-5-8-19-15(10-14)11-16(24-19)12-23-21(28)26(17-6-7-17)18-4-3-9-25(13-18)20(22)27/h5,8,10-11,17-18,24H,2-4,6-7,9,12-13H2,1H3,(H2,22,27)(H,23,28)/t18-/m1/s1. The van der Waals surface area contributed by atoms with E-state index in [0.29, 0.717) is 19.6 Å². The van der Waals surface area contributed by atoms with Crippen LogP contribution in [0.25, 0.3) is 10.9 Å². The minimum absolute atomic E-state index is 0.0450. The van der Waals surface area contributed by atoms with Crippen LogP contribution >= 0.6 is 0 Å². The molecular formula is C21H29N5O2. The van der Waals surface area contributed by atoms with Crippen molar-refractivity contribution >= 4 is 23.0 Å².